The number of nitrogens with zero attached hydrogens (tertiary/aromatic N) is 1. The van der Waals surface area contributed by atoms with Crippen LogP contribution in [0.5, 0.6) is 0 Å². The Kier molecular flexibility index (Phi) is 3.88. The van der Waals surface area contributed by atoms with Crippen LogP contribution in [0.2, 0.25) is 0 Å². The Bertz CT molecular complexity index is 591. The third-order valence-electron chi connectivity index (χ3n) is 1.89. The van der Waals surface area contributed by atoms with Gasteiger partial charge >= 0.3 is 5.97 Å². The predicted octanol–water partition coefficient (Wildman–Crippen LogP) is -0.282. The SMILES string of the molecule is CC#CCNS(=O)(=O)c1c(C(=O)O)n[nH]c1C. The van der Waals surface area contributed by atoms with E-state index < -0.39 is 21.7 Å². The summed E-state index contributed by atoms with van der Waals surface area (Å²) < 4.78 is 25.8. The molecule has 0 amide bonds. The molecule has 0 atom stereocenters. The van der Waals surface area contributed by atoms with Gasteiger partial charge in [0.1, 0.15) is 4.90 Å². The van der Waals surface area contributed by atoms with Crippen molar-refractivity contribution < 1.29 is 18.3 Å². The lowest BCUT2D eigenvalue weighted by Crippen LogP contribution is -2.26. The molecule has 7 nitrogen and oxygen atoms in total. The van der Waals surface area contributed by atoms with Gasteiger partial charge in [-0.3, -0.25) is 5.10 Å². The van der Waals surface area contributed by atoms with Gasteiger partial charge in [0.25, 0.3) is 0 Å². The van der Waals surface area contributed by atoms with Gasteiger partial charge in [-0.15, -0.1) is 5.92 Å². The molecule has 0 aliphatic rings. The van der Waals surface area contributed by atoms with Crippen LogP contribution in [0.25, 0.3) is 0 Å². The average Bonchev–Trinajstić information content (AvgIpc) is 2.61. The zero-order chi connectivity index (χ0) is 13.1. The van der Waals surface area contributed by atoms with Crippen LogP contribution in [0.15, 0.2) is 4.90 Å². The van der Waals surface area contributed by atoms with Crippen molar-refractivity contribution >= 4 is 16.0 Å². The molecule has 0 aliphatic heterocycles. The first-order valence-electron chi connectivity index (χ1n) is 4.57. The minimum atomic E-state index is -3.92. The maximum Gasteiger partial charge on any atom is 0.357 e. The standard InChI is InChI=1S/C9H11N3O4S/c1-3-4-5-10-17(15,16)8-6(2)11-12-7(8)9(13)14/h10H,5H2,1-2H3,(H,11,12)(H,13,14). The number of hydrogen-bond donors (Lipinski definition) is 3. The molecule has 1 aromatic heterocycles. The second-order valence-corrected chi connectivity index (χ2v) is 4.79. The zero-order valence-corrected chi connectivity index (χ0v) is 10.1. The van der Waals surface area contributed by atoms with Gasteiger partial charge in [0.15, 0.2) is 5.69 Å². The molecule has 3 N–H and O–H groups in total. The average molecular weight is 257 g/mol. The second kappa shape index (κ2) is 4.99. The number of nitrogens with one attached hydrogen (secondary N) is 2. The van der Waals surface area contributed by atoms with Crippen LogP contribution in [0.3, 0.4) is 0 Å². The van der Waals surface area contributed by atoms with Crippen LogP contribution >= 0.6 is 0 Å². The van der Waals surface area contributed by atoms with Crippen LogP contribution in [0.4, 0.5) is 0 Å². The highest BCUT2D eigenvalue weighted by atomic mass is 32.2. The summed E-state index contributed by atoms with van der Waals surface area (Å²) in [6, 6.07) is 0. The summed E-state index contributed by atoms with van der Waals surface area (Å²) in [5.74, 6) is 3.63. The van der Waals surface area contributed by atoms with E-state index in [1.165, 1.54) is 6.92 Å². The molecule has 0 aromatic carbocycles. The first-order chi connectivity index (χ1) is 7.90. The van der Waals surface area contributed by atoms with Crippen molar-refractivity contribution in [3.8, 4) is 11.8 Å². The van der Waals surface area contributed by atoms with E-state index in [9.17, 15) is 13.2 Å². The Morgan fingerprint density at radius 2 is 2.24 bits per heavy atom. The Balaban J connectivity index is 3.17. The molecule has 0 unspecified atom stereocenters. The fourth-order valence-electron chi connectivity index (χ4n) is 1.18. The Hall–Kier alpha value is -1.85. The van der Waals surface area contributed by atoms with E-state index >= 15 is 0 Å². The number of aromatic carboxylic acids is 1. The Labute approximate surface area is 98.3 Å². The maximum atomic E-state index is 11.8. The molecule has 1 aromatic rings. The monoisotopic (exact) mass is 257 g/mol. The van der Waals surface area contributed by atoms with Crippen molar-refractivity contribution in [1.29, 1.82) is 0 Å². The van der Waals surface area contributed by atoms with Gasteiger partial charge < -0.3 is 5.11 Å². The number of hydrogen-bond acceptors (Lipinski definition) is 4. The number of rotatable bonds is 4. The van der Waals surface area contributed by atoms with Crippen LogP contribution in [-0.2, 0) is 10.0 Å². The molecular weight excluding hydrogens is 246 g/mol. The largest absolute Gasteiger partial charge is 0.476 e. The van der Waals surface area contributed by atoms with Crippen LogP contribution < -0.4 is 4.72 Å². The molecule has 92 valence electrons. The summed E-state index contributed by atoms with van der Waals surface area (Å²) in [7, 11) is -3.92. The molecule has 1 rings (SSSR count). The molecule has 1 heterocycles. The molecular formula is C9H11N3O4S. The third kappa shape index (κ3) is 2.83. The molecule has 0 spiro atoms. The lowest BCUT2D eigenvalue weighted by Gasteiger charge is -2.03. The number of carbonyl (C=O) groups is 1. The summed E-state index contributed by atoms with van der Waals surface area (Å²) in [4.78, 5) is 10.5. The topological polar surface area (TPSA) is 112 Å². The highest BCUT2D eigenvalue weighted by Crippen LogP contribution is 2.16. The Morgan fingerprint density at radius 3 is 2.76 bits per heavy atom. The number of carboxylic acids is 1. The number of aromatic nitrogens is 2. The van der Waals surface area contributed by atoms with Gasteiger partial charge in [0, 0.05) is 0 Å². The third-order valence-corrected chi connectivity index (χ3v) is 3.45. The van der Waals surface area contributed by atoms with Gasteiger partial charge in [-0.1, -0.05) is 5.92 Å². The fraction of sp³-hybridized carbons (Fsp3) is 0.333. The zero-order valence-electron chi connectivity index (χ0n) is 9.23. The van der Waals surface area contributed by atoms with E-state index in [0.29, 0.717) is 0 Å². The van der Waals surface area contributed by atoms with E-state index in [-0.39, 0.29) is 17.1 Å². The van der Waals surface area contributed by atoms with E-state index in [0.717, 1.165) is 0 Å². The van der Waals surface area contributed by atoms with Crippen LogP contribution in [0.1, 0.15) is 23.1 Å². The molecule has 0 bridgehead atoms. The summed E-state index contributed by atoms with van der Waals surface area (Å²) in [5, 5.41) is 14.6. The minimum Gasteiger partial charge on any atom is -0.476 e. The molecule has 0 saturated heterocycles. The smallest absolute Gasteiger partial charge is 0.357 e. The first-order valence-corrected chi connectivity index (χ1v) is 6.06. The summed E-state index contributed by atoms with van der Waals surface area (Å²) in [5.41, 5.74) is -0.362. The van der Waals surface area contributed by atoms with Crippen LogP contribution in [-0.4, -0.2) is 36.2 Å². The van der Waals surface area contributed by atoms with Crippen molar-refractivity contribution in [3.05, 3.63) is 11.4 Å². The van der Waals surface area contributed by atoms with E-state index in [1.54, 1.807) is 6.92 Å². The van der Waals surface area contributed by atoms with Gasteiger partial charge in [-0.05, 0) is 13.8 Å². The molecule has 0 radical (unpaired) electrons. The predicted molar refractivity (Wildman–Crippen MR) is 58.9 cm³/mol. The summed E-state index contributed by atoms with van der Waals surface area (Å²) >= 11 is 0. The number of sulfonamides is 1. The normalized spacial score (nSPS) is 10.7. The number of H-pyrrole nitrogens is 1. The van der Waals surface area contributed by atoms with Crippen LogP contribution in [0, 0.1) is 18.8 Å². The number of aryl methyl sites for hydroxylation is 1. The summed E-state index contributed by atoms with van der Waals surface area (Å²) in [6.07, 6.45) is 0. The second-order valence-electron chi connectivity index (χ2n) is 3.08. The van der Waals surface area contributed by atoms with Crippen molar-refractivity contribution in [1.82, 2.24) is 14.9 Å². The van der Waals surface area contributed by atoms with Crippen molar-refractivity contribution in [2.45, 2.75) is 18.7 Å². The first kappa shape index (κ1) is 13.2. The quantitative estimate of drug-likeness (QED) is 0.642. The van der Waals surface area contributed by atoms with Crippen molar-refractivity contribution in [3.63, 3.8) is 0 Å². The van der Waals surface area contributed by atoms with Crippen molar-refractivity contribution in [2.24, 2.45) is 0 Å². The van der Waals surface area contributed by atoms with Gasteiger partial charge in [0.2, 0.25) is 10.0 Å². The van der Waals surface area contributed by atoms with Crippen molar-refractivity contribution in [2.75, 3.05) is 6.54 Å². The highest BCUT2D eigenvalue weighted by molar-refractivity contribution is 7.89. The number of carboxylic acid groups (broad SMARTS) is 1. The molecule has 8 heteroatoms. The highest BCUT2D eigenvalue weighted by Gasteiger charge is 2.27. The van der Waals surface area contributed by atoms with Gasteiger partial charge in [0.05, 0.1) is 12.2 Å². The van der Waals surface area contributed by atoms with Gasteiger partial charge in [-0.25, -0.2) is 13.2 Å². The molecule has 0 saturated carbocycles. The fourth-order valence-corrected chi connectivity index (χ4v) is 2.43. The molecule has 0 fully saturated rings. The number of aromatic amines is 1. The minimum absolute atomic E-state index is 0.0808. The molecule has 0 aliphatic carbocycles. The molecule has 17 heavy (non-hydrogen) atoms. The van der Waals surface area contributed by atoms with E-state index in [1.807, 2.05) is 0 Å². The Morgan fingerprint density at radius 1 is 1.59 bits per heavy atom. The van der Waals surface area contributed by atoms with Gasteiger partial charge in [-0.2, -0.15) is 9.82 Å². The lowest BCUT2D eigenvalue weighted by atomic mass is 10.4. The van der Waals surface area contributed by atoms with E-state index in [4.69, 9.17) is 5.11 Å². The maximum absolute atomic E-state index is 11.8. The summed E-state index contributed by atoms with van der Waals surface area (Å²) in [6.45, 7) is 2.92. The lowest BCUT2D eigenvalue weighted by molar-refractivity contribution is 0.0686. The van der Waals surface area contributed by atoms with E-state index in [2.05, 4.69) is 26.8 Å².